The van der Waals surface area contributed by atoms with Crippen molar-refractivity contribution in [3.05, 3.63) is 87.5 Å². The van der Waals surface area contributed by atoms with Gasteiger partial charge in [0.2, 0.25) is 0 Å². The molecule has 7 nitrogen and oxygen atoms in total. The summed E-state index contributed by atoms with van der Waals surface area (Å²) < 4.78 is 2.08. The van der Waals surface area contributed by atoms with Crippen molar-refractivity contribution in [2.45, 2.75) is 33.2 Å². The van der Waals surface area contributed by atoms with Crippen LogP contribution in [0.4, 0.5) is 11.4 Å². The third kappa shape index (κ3) is 4.09. The van der Waals surface area contributed by atoms with E-state index in [9.17, 15) is 14.9 Å². The van der Waals surface area contributed by atoms with E-state index < -0.39 is 4.92 Å². The average Bonchev–Trinajstić information content (AvgIpc) is 3.10. The van der Waals surface area contributed by atoms with Crippen molar-refractivity contribution in [2.24, 2.45) is 0 Å². The third-order valence-electron chi connectivity index (χ3n) is 4.55. The first-order valence-electron chi connectivity index (χ1n) is 9.02. The number of aromatic nitrogens is 2. The number of anilines is 1. The highest BCUT2D eigenvalue weighted by molar-refractivity contribution is 6.05. The summed E-state index contributed by atoms with van der Waals surface area (Å²) in [6.45, 7) is 6.41. The summed E-state index contributed by atoms with van der Waals surface area (Å²) in [7, 11) is 0. The number of nitro benzene ring substituents is 1. The zero-order valence-corrected chi connectivity index (χ0v) is 16.0. The van der Waals surface area contributed by atoms with Gasteiger partial charge in [-0.1, -0.05) is 32.0 Å². The molecule has 144 valence electrons. The van der Waals surface area contributed by atoms with Crippen LogP contribution >= 0.6 is 0 Å². The lowest BCUT2D eigenvalue weighted by molar-refractivity contribution is -0.385. The van der Waals surface area contributed by atoms with Crippen molar-refractivity contribution in [3.63, 3.8) is 0 Å². The molecule has 1 amide bonds. The number of carbonyl (C=O) groups is 1. The Morgan fingerprint density at radius 2 is 2.00 bits per heavy atom. The van der Waals surface area contributed by atoms with Crippen LogP contribution in [0.3, 0.4) is 0 Å². The number of hydrogen-bond donors (Lipinski definition) is 1. The van der Waals surface area contributed by atoms with Gasteiger partial charge in [-0.15, -0.1) is 0 Å². The molecular weight excluding hydrogens is 356 g/mol. The molecule has 28 heavy (non-hydrogen) atoms. The van der Waals surface area contributed by atoms with E-state index in [0.717, 1.165) is 11.4 Å². The highest BCUT2D eigenvalue weighted by Gasteiger charge is 2.18. The smallest absolute Gasteiger partial charge is 0.273 e. The van der Waals surface area contributed by atoms with Crippen molar-refractivity contribution >= 4 is 17.3 Å². The molecule has 0 bridgehead atoms. The summed E-state index contributed by atoms with van der Waals surface area (Å²) in [5.74, 6) is 0.945. The Hall–Kier alpha value is -3.48. The molecule has 3 rings (SSSR count). The van der Waals surface area contributed by atoms with E-state index in [1.165, 1.54) is 12.1 Å². The molecule has 1 aromatic heterocycles. The Morgan fingerprint density at radius 3 is 2.71 bits per heavy atom. The number of rotatable bonds is 6. The quantitative estimate of drug-likeness (QED) is 0.504. The molecule has 0 fully saturated rings. The molecular formula is C21H22N4O3. The van der Waals surface area contributed by atoms with Crippen LogP contribution in [-0.2, 0) is 6.54 Å². The van der Waals surface area contributed by atoms with E-state index in [0.29, 0.717) is 23.7 Å². The summed E-state index contributed by atoms with van der Waals surface area (Å²) in [5.41, 5.74) is 2.23. The standard InChI is InChI=1S/C21H22N4O3/c1-14(2)20-22-10-11-24(20)13-16-6-4-7-17(12-16)23-21(26)18-8-5-9-19(15(18)3)25(27)28/h4-12,14H,13H2,1-3H3,(H,23,26). The fourth-order valence-corrected chi connectivity index (χ4v) is 3.16. The molecule has 1 N–H and O–H groups in total. The van der Waals surface area contributed by atoms with Gasteiger partial charge in [0.1, 0.15) is 5.82 Å². The zero-order valence-electron chi connectivity index (χ0n) is 16.0. The number of nitrogens with zero attached hydrogens (tertiary/aromatic N) is 3. The number of hydrogen-bond acceptors (Lipinski definition) is 4. The van der Waals surface area contributed by atoms with Crippen LogP contribution in [0.2, 0.25) is 0 Å². The van der Waals surface area contributed by atoms with E-state index in [4.69, 9.17) is 0 Å². The first-order chi connectivity index (χ1) is 13.4. The minimum atomic E-state index is -0.482. The van der Waals surface area contributed by atoms with Crippen LogP contribution in [0.1, 0.15) is 47.1 Å². The molecule has 0 radical (unpaired) electrons. The maximum absolute atomic E-state index is 12.6. The Balaban J connectivity index is 1.80. The highest BCUT2D eigenvalue weighted by Crippen LogP contribution is 2.22. The van der Waals surface area contributed by atoms with Crippen LogP contribution < -0.4 is 5.32 Å². The lowest BCUT2D eigenvalue weighted by atomic mass is 10.1. The average molecular weight is 378 g/mol. The molecule has 0 atom stereocenters. The summed E-state index contributed by atoms with van der Waals surface area (Å²) >= 11 is 0. The predicted octanol–water partition coefficient (Wildman–Crippen LogP) is 4.52. The van der Waals surface area contributed by atoms with E-state index >= 15 is 0 Å². The van der Waals surface area contributed by atoms with E-state index in [-0.39, 0.29) is 17.2 Å². The van der Waals surface area contributed by atoms with Crippen LogP contribution in [0, 0.1) is 17.0 Å². The van der Waals surface area contributed by atoms with Crippen molar-refractivity contribution in [2.75, 3.05) is 5.32 Å². The molecule has 0 spiro atoms. The fraction of sp³-hybridized carbons (Fsp3) is 0.238. The summed E-state index contributed by atoms with van der Waals surface area (Å²) in [5, 5.41) is 13.9. The maximum Gasteiger partial charge on any atom is 0.273 e. The number of imidazole rings is 1. The molecule has 2 aromatic carbocycles. The molecule has 0 saturated carbocycles. The van der Waals surface area contributed by atoms with Crippen molar-refractivity contribution in [1.82, 2.24) is 9.55 Å². The number of carbonyl (C=O) groups excluding carboxylic acids is 1. The van der Waals surface area contributed by atoms with Crippen LogP contribution in [0.25, 0.3) is 0 Å². The Bertz CT molecular complexity index is 1020. The minimum absolute atomic E-state index is 0.0669. The molecule has 3 aromatic rings. The normalized spacial score (nSPS) is 10.9. The molecule has 1 heterocycles. The fourth-order valence-electron chi connectivity index (χ4n) is 3.16. The topological polar surface area (TPSA) is 90.1 Å². The SMILES string of the molecule is Cc1c(C(=O)Nc2cccc(Cn3ccnc3C(C)C)c2)cccc1[N+](=O)[O-]. The molecule has 0 unspecified atom stereocenters. The summed E-state index contributed by atoms with van der Waals surface area (Å²) in [6, 6.07) is 12.0. The maximum atomic E-state index is 12.6. The summed E-state index contributed by atoms with van der Waals surface area (Å²) in [6.07, 6.45) is 3.72. The van der Waals surface area contributed by atoms with Gasteiger partial charge in [-0.25, -0.2) is 4.98 Å². The monoisotopic (exact) mass is 378 g/mol. The van der Waals surface area contributed by atoms with Gasteiger partial charge in [0.25, 0.3) is 11.6 Å². The molecule has 0 aliphatic carbocycles. The van der Waals surface area contributed by atoms with Gasteiger partial charge < -0.3 is 9.88 Å². The van der Waals surface area contributed by atoms with Crippen LogP contribution in [0.5, 0.6) is 0 Å². The lowest BCUT2D eigenvalue weighted by Gasteiger charge is -2.12. The Labute approximate surface area is 163 Å². The number of nitro groups is 1. The van der Waals surface area contributed by atoms with E-state index in [1.807, 2.05) is 24.4 Å². The Morgan fingerprint density at radius 1 is 1.25 bits per heavy atom. The van der Waals surface area contributed by atoms with Gasteiger partial charge in [-0.2, -0.15) is 0 Å². The highest BCUT2D eigenvalue weighted by atomic mass is 16.6. The van der Waals surface area contributed by atoms with Gasteiger partial charge in [-0.05, 0) is 30.7 Å². The van der Waals surface area contributed by atoms with Crippen LogP contribution in [0.15, 0.2) is 54.9 Å². The second-order valence-electron chi connectivity index (χ2n) is 6.93. The lowest BCUT2D eigenvalue weighted by Crippen LogP contribution is -2.14. The van der Waals surface area contributed by atoms with E-state index in [1.54, 1.807) is 25.3 Å². The summed E-state index contributed by atoms with van der Waals surface area (Å²) in [4.78, 5) is 27.6. The predicted molar refractivity (Wildman–Crippen MR) is 108 cm³/mol. The van der Waals surface area contributed by atoms with Crippen molar-refractivity contribution in [1.29, 1.82) is 0 Å². The van der Waals surface area contributed by atoms with Crippen molar-refractivity contribution < 1.29 is 9.72 Å². The number of nitrogens with one attached hydrogen (secondary N) is 1. The molecule has 0 saturated heterocycles. The zero-order chi connectivity index (χ0) is 20.3. The molecule has 0 aliphatic heterocycles. The van der Waals surface area contributed by atoms with Gasteiger partial charge in [0.15, 0.2) is 0 Å². The first kappa shape index (κ1) is 19.3. The van der Waals surface area contributed by atoms with Gasteiger partial charge in [0.05, 0.1) is 4.92 Å². The van der Waals surface area contributed by atoms with E-state index in [2.05, 4.69) is 28.7 Å². The number of benzene rings is 2. The van der Waals surface area contributed by atoms with Gasteiger partial charge in [-0.3, -0.25) is 14.9 Å². The Kier molecular flexibility index (Phi) is 5.54. The van der Waals surface area contributed by atoms with Gasteiger partial charge >= 0.3 is 0 Å². The first-order valence-corrected chi connectivity index (χ1v) is 9.02. The second-order valence-corrected chi connectivity index (χ2v) is 6.93. The third-order valence-corrected chi connectivity index (χ3v) is 4.55. The number of amides is 1. The minimum Gasteiger partial charge on any atom is -0.330 e. The molecule has 7 heteroatoms. The second kappa shape index (κ2) is 8.04. The largest absolute Gasteiger partial charge is 0.330 e. The van der Waals surface area contributed by atoms with Crippen LogP contribution in [-0.4, -0.2) is 20.4 Å². The van der Waals surface area contributed by atoms with Crippen molar-refractivity contribution in [3.8, 4) is 0 Å². The molecule has 0 aliphatic rings. The van der Waals surface area contributed by atoms with Gasteiger partial charge in [0, 0.05) is 47.7 Å².